The fourth-order valence-corrected chi connectivity index (χ4v) is 2.31. The SMILES string of the molecule is Cc1nc(/C=C/C(=O)NCCCc2nc(C(C)C)no2)cs1. The van der Waals surface area contributed by atoms with E-state index < -0.39 is 0 Å². The van der Waals surface area contributed by atoms with Gasteiger partial charge in [0.2, 0.25) is 11.8 Å². The van der Waals surface area contributed by atoms with Crippen LogP contribution < -0.4 is 5.32 Å². The second-order valence-corrected chi connectivity index (χ2v) is 6.28. The van der Waals surface area contributed by atoms with Gasteiger partial charge in [-0.2, -0.15) is 4.98 Å². The van der Waals surface area contributed by atoms with Crippen LogP contribution in [0, 0.1) is 6.92 Å². The molecule has 2 heterocycles. The summed E-state index contributed by atoms with van der Waals surface area (Å²) >= 11 is 1.56. The molecular formula is C15H20N4O2S. The van der Waals surface area contributed by atoms with E-state index in [1.165, 1.54) is 6.08 Å². The molecular weight excluding hydrogens is 300 g/mol. The lowest BCUT2D eigenvalue weighted by atomic mass is 10.2. The quantitative estimate of drug-likeness (QED) is 0.626. The van der Waals surface area contributed by atoms with Gasteiger partial charge in [0.05, 0.1) is 10.7 Å². The Labute approximate surface area is 133 Å². The number of carbonyl (C=O) groups is 1. The Morgan fingerprint density at radius 1 is 1.45 bits per heavy atom. The summed E-state index contributed by atoms with van der Waals surface area (Å²) in [5, 5.41) is 9.63. The van der Waals surface area contributed by atoms with Gasteiger partial charge in [-0.25, -0.2) is 4.98 Å². The number of hydrogen-bond donors (Lipinski definition) is 1. The number of aryl methyl sites for hydroxylation is 2. The Balaban J connectivity index is 1.67. The maximum Gasteiger partial charge on any atom is 0.244 e. The van der Waals surface area contributed by atoms with Crippen molar-refractivity contribution < 1.29 is 9.32 Å². The zero-order valence-corrected chi connectivity index (χ0v) is 13.8. The molecule has 1 amide bonds. The van der Waals surface area contributed by atoms with E-state index in [-0.39, 0.29) is 11.8 Å². The minimum atomic E-state index is -0.126. The van der Waals surface area contributed by atoms with Crippen LogP contribution in [0.1, 0.15) is 48.6 Å². The first-order chi connectivity index (χ1) is 10.5. The lowest BCUT2D eigenvalue weighted by Gasteiger charge is -1.99. The van der Waals surface area contributed by atoms with Crippen molar-refractivity contribution in [1.29, 1.82) is 0 Å². The average Bonchev–Trinajstić information content (AvgIpc) is 3.10. The molecule has 6 nitrogen and oxygen atoms in total. The summed E-state index contributed by atoms with van der Waals surface area (Å²) < 4.78 is 5.15. The smallest absolute Gasteiger partial charge is 0.244 e. The van der Waals surface area contributed by atoms with Gasteiger partial charge in [0.15, 0.2) is 5.82 Å². The van der Waals surface area contributed by atoms with E-state index in [9.17, 15) is 4.79 Å². The van der Waals surface area contributed by atoms with Crippen molar-refractivity contribution in [3.05, 3.63) is 33.9 Å². The predicted molar refractivity (Wildman–Crippen MR) is 85.6 cm³/mol. The van der Waals surface area contributed by atoms with Gasteiger partial charge in [0, 0.05) is 30.3 Å². The topological polar surface area (TPSA) is 80.9 Å². The predicted octanol–water partition coefficient (Wildman–Crippen LogP) is 2.72. The van der Waals surface area contributed by atoms with Crippen LogP contribution in [-0.2, 0) is 11.2 Å². The molecule has 2 aromatic rings. The molecule has 0 aromatic carbocycles. The van der Waals surface area contributed by atoms with Crippen molar-refractivity contribution in [2.45, 2.75) is 39.5 Å². The third-order valence-corrected chi connectivity index (χ3v) is 3.70. The minimum absolute atomic E-state index is 0.126. The highest BCUT2D eigenvalue weighted by atomic mass is 32.1. The van der Waals surface area contributed by atoms with E-state index in [2.05, 4.69) is 20.4 Å². The van der Waals surface area contributed by atoms with Gasteiger partial charge in [0.25, 0.3) is 0 Å². The molecule has 0 aliphatic heterocycles. The van der Waals surface area contributed by atoms with Gasteiger partial charge in [-0.3, -0.25) is 4.79 Å². The van der Waals surface area contributed by atoms with Crippen LogP contribution in [0.2, 0.25) is 0 Å². The van der Waals surface area contributed by atoms with Crippen LogP contribution in [0.4, 0.5) is 0 Å². The van der Waals surface area contributed by atoms with Gasteiger partial charge in [-0.05, 0) is 19.4 Å². The average molecular weight is 320 g/mol. The molecule has 0 saturated heterocycles. The second-order valence-electron chi connectivity index (χ2n) is 5.22. The van der Waals surface area contributed by atoms with E-state index in [0.29, 0.717) is 18.9 Å². The molecule has 2 aromatic heterocycles. The highest BCUT2D eigenvalue weighted by molar-refractivity contribution is 7.09. The lowest BCUT2D eigenvalue weighted by molar-refractivity contribution is -0.116. The molecule has 0 saturated carbocycles. The Morgan fingerprint density at radius 2 is 2.27 bits per heavy atom. The molecule has 0 bridgehead atoms. The first kappa shape index (κ1) is 16.4. The highest BCUT2D eigenvalue weighted by Crippen LogP contribution is 2.10. The van der Waals surface area contributed by atoms with Crippen molar-refractivity contribution in [1.82, 2.24) is 20.4 Å². The molecule has 0 fully saturated rings. The van der Waals surface area contributed by atoms with Crippen LogP contribution in [-0.4, -0.2) is 27.6 Å². The third-order valence-electron chi connectivity index (χ3n) is 2.91. The Bertz CT molecular complexity index is 646. The third kappa shape index (κ3) is 5.07. The molecule has 2 rings (SSSR count). The number of amides is 1. The van der Waals surface area contributed by atoms with Crippen molar-refractivity contribution in [2.24, 2.45) is 0 Å². The standard InChI is InChI=1S/C15H20N4O2S/c1-10(2)15-18-14(21-19-15)5-4-8-16-13(20)7-6-12-9-22-11(3)17-12/h6-7,9-10H,4-5,8H2,1-3H3,(H,16,20)/b7-6+. The van der Waals surface area contributed by atoms with Gasteiger partial charge >= 0.3 is 0 Å². The number of rotatable bonds is 7. The number of aromatic nitrogens is 3. The first-order valence-corrected chi connectivity index (χ1v) is 8.13. The van der Waals surface area contributed by atoms with E-state index in [1.807, 2.05) is 26.2 Å². The first-order valence-electron chi connectivity index (χ1n) is 7.25. The summed E-state index contributed by atoms with van der Waals surface area (Å²) in [5.41, 5.74) is 0.810. The van der Waals surface area contributed by atoms with Gasteiger partial charge in [0.1, 0.15) is 0 Å². The molecule has 1 N–H and O–H groups in total. The maximum atomic E-state index is 11.7. The summed E-state index contributed by atoms with van der Waals surface area (Å²) in [6.45, 7) is 6.54. The van der Waals surface area contributed by atoms with Crippen LogP contribution in [0.5, 0.6) is 0 Å². The summed E-state index contributed by atoms with van der Waals surface area (Å²) in [6, 6.07) is 0. The van der Waals surface area contributed by atoms with Crippen LogP contribution >= 0.6 is 11.3 Å². The Morgan fingerprint density at radius 3 is 2.91 bits per heavy atom. The van der Waals surface area contributed by atoms with E-state index >= 15 is 0 Å². The van der Waals surface area contributed by atoms with Gasteiger partial charge in [-0.1, -0.05) is 19.0 Å². The zero-order valence-electron chi connectivity index (χ0n) is 13.0. The monoisotopic (exact) mass is 320 g/mol. The fourth-order valence-electron chi connectivity index (χ4n) is 1.73. The summed E-state index contributed by atoms with van der Waals surface area (Å²) in [6.07, 6.45) is 4.63. The fraction of sp³-hybridized carbons (Fsp3) is 0.467. The van der Waals surface area contributed by atoms with Crippen molar-refractivity contribution >= 4 is 23.3 Å². The largest absolute Gasteiger partial charge is 0.353 e. The number of hydrogen-bond acceptors (Lipinski definition) is 6. The Hall–Kier alpha value is -2.02. The number of thiazole rings is 1. The van der Waals surface area contributed by atoms with Crippen molar-refractivity contribution in [2.75, 3.05) is 6.54 Å². The number of nitrogens with one attached hydrogen (secondary N) is 1. The molecule has 0 aliphatic carbocycles. The van der Waals surface area contributed by atoms with Gasteiger partial charge in [-0.15, -0.1) is 11.3 Å². The van der Waals surface area contributed by atoms with Crippen molar-refractivity contribution in [3.63, 3.8) is 0 Å². The van der Waals surface area contributed by atoms with Crippen molar-refractivity contribution in [3.8, 4) is 0 Å². The van der Waals surface area contributed by atoms with E-state index in [4.69, 9.17) is 4.52 Å². The summed E-state index contributed by atoms with van der Waals surface area (Å²) in [4.78, 5) is 20.2. The van der Waals surface area contributed by atoms with Crippen LogP contribution in [0.15, 0.2) is 16.0 Å². The van der Waals surface area contributed by atoms with Crippen LogP contribution in [0.25, 0.3) is 6.08 Å². The molecule has 0 radical (unpaired) electrons. The normalized spacial score (nSPS) is 11.5. The van der Waals surface area contributed by atoms with Gasteiger partial charge < -0.3 is 9.84 Å². The molecule has 0 atom stereocenters. The summed E-state index contributed by atoms with van der Waals surface area (Å²) in [5.74, 6) is 1.47. The molecule has 0 unspecified atom stereocenters. The zero-order chi connectivity index (χ0) is 15.9. The summed E-state index contributed by atoms with van der Waals surface area (Å²) in [7, 11) is 0. The van der Waals surface area contributed by atoms with Crippen LogP contribution in [0.3, 0.4) is 0 Å². The molecule has 118 valence electrons. The molecule has 0 spiro atoms. The Kier molecular flexibility index (Phi) is 5.83. The maximum absolute atomic E-state index is 11.7. The molecule has 0 aliphatic rings. The van der Waals surface area contributed by atoms with E-state index in [0.717, 1.165) is 22.9 Å². The minimum Gasteiger partial charge on any atom is -0.353 e. The number of carbonyl (C=O) groups excluding carboxylic acids is 1. The molecule has 22 heavy (non-hydrogen) atoms. The lowest BCUT2D eigenvalue weighted by Crippen LogP contribution is -2.22. The second kappa shape index (κ2) is 7.84. The number of nitrogens with zero attached hydrogens (tertiary/aromatic N) is 3. The van der Waals surface area contributed by atoms with E-state index in [1.54, 1.807) is 17.4 Å². The molecule has 7 heteroatoms. The highest BCUT2D eigenvalue weighted by Gasteiger charge is 2.09.